The van der Waals surface area contributed by atoms with Gasteiger partial charge in [-0.15, -0.1) is 11.3 Å². The maximum Gasteiger partial charge on any atom is 0.259 e. The summed E-state index contributed by atoms with van der Waals surface area (Å²) in [5.74, 6) is -0.833. The van der Waals surface area contributed by atoms with Gasteiger partial charge in [-0.25, -0.2) is 9.37 Å². The summed E-state index contributed by atoms with van der Waals surface area (Å²) < 4.78 is 12.9. The van der Waals surface area contributed by atoms with E-state index in [0.29, 0.717) is 10.8 Å². The number of hydrogen-bond acceptors (Lipinski definition) is 3. The van der Waals surface area contributed by atoms with Crippen molar-refractivity contribution in [1.82, 2.24) is 4.98 Å². The molecule has 1 heterocycles. The van der Waals surface area contributed by atoms with Crippen molar-refractivity contribution in [3.05, 3.63) is 35.0 Å². The predicted octanol–water partition coefficient (Wildman–Crippen LogP) is 4.00. The Labute approximate surface area is 123 Å². The van der Waals surface area contributed by atoms with Gasteiger partial charge >= 0.3 is 0 Å². The van der Waals surface area contributed by atoms with Crippen LogP contribution in [0.5, 0.6) is 0 Å². The lowest BCUT2D eigenvalue weighted by Crippen LogP contribution is -2.18. The first-order valence-corrected chi connectivity index (χ1v) is 6.98. The van der Waals surface area contributed by atoms with Gasteiger partial charge in [0.15, 0.2) is 9.97 Å². The molecule has 0 saturated heterocycles. The molecule has 2 rings (SSSR count). The highest BCUT2D eigenvalue weighted by Crippen LogP contribution is 2.30. The smallest absolute Gasteiger partial charge is 0.259 e. The molecule has 0 saturated carbocycles. The maximum atomic E-state index is 12.9. The van der Waals surface area contributed by atoms with Gasteiger partial charge in [0, 0.05) is 10.4 Å². The first kappa shape index (κ1) is 14.2. The molecule has 1 N–H and O–H groups in total. The fraction of sp³-hybridized carbons (Fsp3) is 0.167. The second-order valence-electron chi connectivity index (χ2n) is 3.72. The Morgan fingerprint density at radius 3 is 2.58 bits per heavy atom. The van der Waals surface area contributed by atoms with Gasteiger partial charge in [-0.05, 0) is 31.2 Å². The van der Waals surface area contributed by atoms with E-state index in [0.717, 1.165) is 10.4 Å². The zero-order valence-electron chi connectivity index (χ0n) is 9.78. The Kier molecular flexibility index (Phi) is 4.39. The van der Waals surface area contributed by atoms with Gasteiger partial charge in [0.2, 0.25) is 0 Å². The van der Waals surface area contributed by atoms with Crippen molar-refractivity contribution >= 4 is 45.6 Å². The Morgan fingerprint density at radius 2 is 2.00 bits per heavy atom. The quantitative estimate of drug-likeness (QED) is 0.869. The van der Waals surface area contributed by atoms with Crippen LogP contribution < -0.4 is 5.32 Å². The molecule has 0 atom stereocenters. The number of carbonyl (C=O) groups is 1. The van der Waals surface area contributed by atoms with E-state index in [1.54, 1.807) is 12.1 Å². The molecule has 0 aliphatic carbocycles. The molecule has 0 aliphatic heterocycles. The zero-order chi connectivity index (χ0) is 14.0. The van der Waals surface area contributed by atoms with Crippen molar-refractivity contribution in [2.24, 2.45) is 0 Å². The molecule has 2 aromatic rings. The molecule has 1 aromatic carbocycles. The van der Waals surface area contributed by atoms with Gasteiger partial charge in [0.1, 0.15) is 5.82 Å². The number of nitrogens with one attached hydrogen (secondary N) is 1. The minimum absolute atomic E-state index is 0.308. The van der Waals surface area contributed by atoms with Crippen LogP contribution in [0.4, 0.5) is 9.52 Å². The first-order valence-electron chi connectivity index (χ1n) is 5.30. The van der Waals surface area contributed by atoms with Crippen molar-refractivity contribution in [2.75, 3.05) is 5.32 Å². The molecule has 0 aliphatic rings. The molecule has 0 fully saturated rings. The van der Waals surface area contributed by atoms with Gasteiger partial charge in [-0.2, -0.15) is 0 Å². The average Bonchev–Trinajstić information content (AvgIpc) is 2.71. The fourth-order valence-corrected chi connectivity index (χ4v) is 2.43. The number of benzene rings is 1. The lowest BCUT2D eigenvalue weighted by atomic mass is 10.1. The summed E-state index contributed by atoms with van der Waals surface area (Å²) in [6.07, 6.45) is 0. The molecule has 19 heavy (non-hydrogen) atoms. The molecule has 1 aromatic heterocycles. The summed E-state index contributed by atoms with van der Waals surface area (Å²) in [5, 5.41) is 2.92. The van der Waals surface area contributed by atoms with Crippen LogP contribution in [0.2, 0.25) is 0 Å². The van der Waals surface area contributed by atoms with Crippen molar-refractivity contribution in [2.45, 2.75) is 11.8 Å². The molecule has 0 spiro atoms. The van der Waals surface area contributed by atoms with E-state index in [-0.39, 0.29) is 5.82 Å². The van der Waals surface area contributed by atoms with Crippen LogP contribution in [0.1, 0.15) is 4.88 Å². The Morgan fingerprint density at radius 1 is 1.37 bits per heavy atom. The van der Waals surface area contributed by atoms with E-state index < -0.39 is 10.7 Å². The minimum Gasteiger partial charge on any atom is -0.300 e. The van der Waals surface area contributed by atoms with Crippen LogP contribution in [0.3, 0.4) is 0 Å². The Bertz CT molecular complexity index is 598. The van der Waals surface area contributed by atoms with Crippen LogP contribution >= 0.6 is 34.5 Å². The standard InChI is InChI=1S/C12H9Cl2FN2OS/c1-6-9(7-2-4-8(15)5-3-7)16-12(19-6)17-11(18)10(13)14/h2-5,10H,1H3,(H,16,17,18). The van der Waals surface area contributed by atoms with E-state index in [4.69, 9.17) is 23.2 Å². The molecule has 0 bridgehead atoms. The third-order valence-electron chi connectivity index (χ3n) is 2.34. The molecule has 7 heteroatoms. The summed E-state index contributed by atoms with van der Waals surface area (Å²) in [5.41, 5.74) is 1.48. The largest absolute Gasteiger partial charge is 0.300 e. The highest BCUT2D eigenvalue weighted by atomic mass is 35.5. The van der Waals surface area contributed by atoms with Gasteiger partial charge in [0.25, 0.3) is 5.91 Å². The third-order valence-corrected chi connectivity index (χ3v) is 3.63. The maximum absolute atomic E-state index is 12.9. The molecule has 3 nitrogen and oxygen atoms in total. The van der Waals surface area contributed by atoms with E-state index in [1.807, 2.05) is 6.92 Å². The van der Waals surface area contributed by atoms with Gasteiger partial charge in [-0.1, -0.05) is 23.2 Å². The molecular formula is C12H9Cl2FN2OS. The fourth-order valence-electron chi connectivity index (χ4n) is 1.49. The molecule has 100 valence electrons. The van der Waals surface area contributed by atoms with Gasteiger partial charge in [-0.3, -0.25) is 10.1 Å². The van der Waals surface area contributed by atoms with E-state index in [2.05, 4.69) is 10.3 Å². The second kappa shape index (κ2) is 5.86. The Balaban J connectivity index is 2.26. The summed E-state index contributed by atoms with van der Waals surface area (Å²) in [6.45, 7) is 1.87. The highest BCUT2D eigenvalue weighted by Gasteiger charge is 2.15. The van der Waals surface area contributed by atoms with Crippen LogP contribution in [-0.4, -0.2) is 15.7 Å². The minimum atomic E-state index is -1.14. The number of aromatic nitrogens is 1. The zero-order valence-corrected chi connectivity index (χ0v) is 12.1. The van der Waals surface area contributed by atoms with Crippen molar-refractivity contribution in [3.8, 4) is 11.3 Å². The lowest BCUT2D eigenvalue weighted by Gasteiger charge is -2.00. The number of halogens is 3. The number of rotatable bonds is 3. The van der Waals surface area contributed by atoms with E-state index >= 15 is 0 Å². The molecular weight excluding hydrogens is 310 g/mol. The highest BCUT2D eigenvalue weighted by molar-refractivity contribution is 7.16. The van der Waals surface area contributed by atoms with Crippen LogP contribution in [-0.2, 0) is 4.79 Å². The van der Waals surface area contributed by atoms with Crippen molar-refractivity contribution in [3.63, 3.8) is 0 Å². The number of amides is 1. The average molecular weight is 319 g/mol. The SMILES string of the molecule is Cc1sc(NC(=O)C(Cl)Cl)nc1-c1ccc(F)cc1. The number of carbonyl (C=O) groups excluding carboxylic acids is 1. The van der Waals surface area contributed by atoms with Crippen LogP contribution in [0.15, 0.2) is 24.3 Å². The second-order valence-corrected chi connectivity index (χ2v) is 6.02. The van der Waals surface area contributed by atoms with Gasteiger partial charge < -0.3 is 0 Å². The predicted molar refractivity (Wildman–Crippen MR) is 76.4 cm³/mol. The topological polar surface area (TPSA) is 42.0 Å². The molecule has 1 amide bonds. The number of anilines is 1. The van der Waals surface area contributed by atoms with Crippen molar-refractivity contribution in [1.29, 1.82) is 0 Å². The summed E-state index contributed by atoms with van der Waals surface area (Å²) in [7, 11) is 0. The third kappa shape index (κ3) is 3.43. The summed E-state index contributed by atoms with van der Waals surface area (Å²) in [6, 6.07) is 5.99. The first-order chi connectivity index (χ1) is 8.97. The summed E-state index contributed by atoms with van der Waals surface area (Å²) >= 11 is 12.2. The molecule has 0 unspecified atom stereocenters. The summed E-state index contributed by atoms with van der Waals surface area (Å²) in [4.78, 5) is 15.4. The van der Waals surface area contributed by atoms with Gasteiger partial charge in [0.05, 0.1) is 5.69 Å². The van der Waals surface area contributed by atoms with Crippen molar-refractivity contribution < 1.29 is 9.18 Å². The molecule has 0 radical (unpaired) electrons. The number of thiazole rings is 1. The Hall–Kier alpha value is -1.17. The number of hydrogen-bond donors (Lipinski definition) is 1. The number of nitrogens with zero attached hydrogens (tertiary/aromatic N) is 1. The monoisotopic (exact) mass is 318 g/mol. The van der Waals surface area contributed by atoms with Crippen LogP contribution in [0, 0.1) is 12.7 Å². The number of alkyl halides is 2. The lowest BCUT2D eigenvalue weighted by molar-refractivity contribution is -0.114. The number of aryl methyl sites for hydroxylation is 1. The normalized spacial score (nSPS) is 10.8. The van der Waals surface area contributed by atoms with Crippen LogP contribution in [0.25, 0.3) is 11.3 Å². The van der Waals surface area contributed by atoms with E-state index in [9.17, 15) is 9.18 Å². The van der Waals surface area contributed by atoms with E-state index in [1.165, 1.54) is 23.5 Å².